The van der Waals surface area contributed by atoms with Crippen LogP contribution in [0.25, 0.3) is 11.0 Å². The third-order valence-electron chi connectivity index (χ3n) is 3.92. The van der Waals surface area contributed by atoms with Crippen LogP contribution in [-0.4, -0.2) is 22.1 Å². The normalized spacial score (nSPS) is 20.4. The second-order valence-electron chi connectivity index (χ2n) is 5.20. The van der Waals surface area contributed by atoms with E-state index in [1.165, 1.54) is 36.9 Å². The van der Waals surface area contributed by atoms with E-state index in [-0.39, 0.29) is 0 Å². The molecule has 1 atom stereocenters. The van der Waals surface area contributed by atoms with E-state index >= 15 is 0 Å². The number of nitrogens with zero attached hydrogens (tertiary/aromatic N) is 2. The lowest BCUT2D eigenvalue weighted by Gasteiger charge is -2.23. The highest BCUT2D eigenvalue weighted by atomic mass is 15.0. The third-order valence-corrected chi connectivity index (χ3v) is 3.92. The van der Waals surface area contributed by atoms with Crippen molar-refractivity contribution in [3.63, 3.8) is 0 Å². The monoisotopic (exact) mass is 243 g/mol. The topological polar surface area (TPSA) is 29.9 Å². The lowest BCUT2D eigenvalue weighted by Crippen LogP contribution is -2.35. The summed E-state index contributed by atoms with van der Waals surface area (Å²) < 4.78 is 2.19. The molecule has 2 aromatic rings. The highest BCUT2D eigenvalue weighted by Gasteiger charge is 2.13. The van der Waals surface area contributed by atoms with Gasteiger partial charge in [0, 0.05) is 12.6 Å². The average molecular weight is 243 g/mol. The number of nitrogens with one attached hydrogen (secondary N) is 1. The summed E-state index contributed by atoms with van der Waals surface area (Å²) in [6.45, 7) is 4.32. The Morgan fingerprint density at radius 1 is 1.39 bits per heavy atom. The number of hydrogen-bond acceptors (Lipinski definition) is 2. The molecule has 1 fully saturated rings. The van der Waals surface area contributed by atoms with Crippen LogP contribution in [0.4, 0.5) is 0 Å². The molecule has 1 N–H and O–H groups in total. The first-order chi connectivity index (χ1) is 8.86. The predicted octanol–water partition coefficient (Wildman–Crippen LogP) is 2.74. The Morgan fingerprint density at radius 2 is 2.33 bits per heavy atom. The van der Waals surface area contributed by atoms with Crippen LogP contribution in [0.3, 0.4) is 0 Å². The summed E-state index contributed by atoms with van der Waals surface area (Å²) in [5, 5.41) is 3.61. The summed E-state index contributed by atoms with van der Waals surface area (Å²) in [6.07, 6.45) is 7.07. The van der Waals surface area contributed by atoms with Gasteiger partial charge in [0.05, 0.1) is 17.4 Å². The summed E-state index contributed by atoms with van der Waals surface area (Å²) in [5.74, 6) is 0. The predicted molar refractivity (Wildman–Crippen MR) is 74.8 cm³/mol. The highest BCUT2D eigenvalue weighted by molar-refractivity contribution is 5.76. The van der Waals surface area contributed by atoms with E-state index in [2.05, 4.69) is 40.0 Å². The van der Waals surface area contributed by atoms with Crippen LogP contribution in [0, 0.1) is 0 Å². The maximum Gasteiger partial charge on any atom is 0.0958 e. The van der Waals surface area contributed by atoms with Gasteiger partial charge in [-0.1, -0.05) is 12.5 Å². The number of aromatic nitrogens is 2. The molecule has 2 heterocycles. The maximum absolute atomic E-state index is 4.49. The van der Waals surface area contributed by atoms with Crippen molar-refractivity contribution >= 4 is 11.0 Å². The molecule has 1 saturated heterocycles. The van der Waals surface area contributed by atoms with E-state index < -0.39 is 0 Å². The van der Waals surface area contributed by atoms with Crippen molar-refractivity contribution < 1.29 is 0 Å². The van der Waals surface area contributed by atoms with Crippen molar-refractivity contribution in [2.45, 2.75) is 45.2 Å². The van der Waals surface area contributed by atoms with Crippen molar-refractivity contribution in [2.24, 2.45) is 0 Å². The Morgan fingerprint density at radius 3 is 3.11 bits per heavy atom. The lowest BCUT2D eigenvalue weighted by molar-refractivity contribution is 0.399. The first-order valence-electron chi connectivity index (χ1n) is 7.04. The smallest absolute Gasteiger partial charge is 0.0958 e. The number of aryl methyl sites for hydroxylation is 1. The Labute approximate surface area is 108 Å². The average Bonchev–Trinajstić information content (AvgIpc) is 2.82. The summed E-state index contributed by atoms with van der Waals surface area (Å²) in [4.78, 5) is 4.49. The number of benzene rings is 1. The molecule has 0 bridgehead atoms. The van der Waals surface area contributed by atoms with E-state index in [1.807, 2.05) is 6.33 Å². The van der Waals surface area contributed by atoms with Crippen molar-refractivity contribution in [2.75, 3.05) is 6.54 Å². The van der Waals surface area contributed by atoms with Gasteiger partial charge in [-0.2, -0.15) is 0 Å². The van der Waals surface area contributed by atoms with Crippen LogP contribution >= 0.6 is 0 Å². The molecule has 3 heteroatoms. The molecular formula is C15H21N3. The van der Waals surface area contributed by atoms with E-state index in [4.69, 9.17) is 0 Å². The summed E-state index contributed by atoms with van der Waals surface area (Å²) in [7, 11) is 0. The van der Waals surface area contributed by atoms with Crippen LogP contribution in [0.15, 0.2) is 24.5 Å². The number of hydrogen-bond donors (Lipinski definition) is 1. The van der Waals surface area contributed by atoms with Gasteiger partial charge in [0.15, 0.2) is 0 Å². The highest BCUT2D eigenvalue weighted by Crippen LogP contribution is 2.18. The zero-order valence-corrected chi connectivity index (χ0v) is 11.0. The van der Waals surface area contributed by atoms with Gasteiger partial charge in [0.25, 0.3) is 0 Å². The first-order valence-corrected chi connectivity index (χ1v) is 7.04. The van der Waals surface area contributed by atoms with Crippen LogP contribution in [0.5, 0.6) is 0 Å². The van der Waals surface area contributed by atoms with Gasteiger partial charge in [-0.15, -0.1) is 0 Å². The Bertz CT molecular complexity index is 524. The van der Waals surface area contributed by atoms with Crippen molar-refractivity contribution in [3.8, 4) is 0 Å². The number of piperidine rings is 1. The molecule has 0 amide bonds. The molecule has 96 valence electrons. The largest absolute Gasteiger partial charge is 0.331 e. The van der Waals surface area contributed by atoms with Gasteiger partial charge in [-0.25, -0.2) is 4.98 Å². The van der Waals surface area contributed by atoms with Crippen LogP contribution < -0.4 is 5.32 Å². The Hall–Kier alpha value is -1.35. The molecule has 18 heavy (non-hydrogen) atoms. The second kappa shape index (κ2) is 5.11. The summed E-state index contributed by atoms with van der Waals surface area (Å²) >= 11 is 0. The summed E-state index contributed by atoms with van der Waals surface area (Å²) in [6, 6.07) is 7.37. The number of fused-ring (bicyclic) bond motifs is 1. The quantitative estimate of drug-likeness (QED) is 0.898. The second-order valence-corrected chi connectivity index (χ2v) is 5.20. The van der Waals surface area contributed by atoms with Crippen molar-refractivity contribution in [1.29, 1.82) is 0 Å². The lowest BCUT2D eigenvalue weighted by atomic mass is 9.97. The van der Waals surface area contributed by atoms with Crippen LogP contribution in [0.2, 0.25) is 0 Å². The molecule has 1 aromatic heterocycles. The fourth-order valence-electron chi connectivity index (χ4n) is 2.87. The van der Waals surface area contributed by atoms with Crippen LogP contribution in [0.1, 0.15) is 31.7 Å². The molecule has 1 aliphatic rings. The molecule has 1 aliphatic heterocycles. The fourth-order valence-corrected chi connectivity index (χ4v) is 2.87. The molecule has 0 aliphatic carbocycles. The molecule has 1 unspecified atom stereocenters. The maximum atomic E-state index is 4.49. The number of imidazole rings is 1. The molecule has 1 aromatic carbocycles. The van der Waals surface area contributed by atoms with Gasteiger partial charge >= 0.3 is 0 Å². The van der Waals surface area contributed by atoms with Gasteiger partial charge in [0.1, 0.15) is 0 Å². The molecule has 0 spiro atoms. The molecular weight excluding hydrogens is 222 g/mol. The zero-order chi connectivity index (χ0) is 12.4. The Kier molecular flexibility index (Phi) is 3.33. The molecule has 0 saturated carbocycles. The van der Waals surface area contributed by atoms with Gasteiger partial charge < -0.3 is 9.88 Å². The van der Waals surface area contributed by atoms with Gasteiger partial charge in [0.2, 0.25) is 0 Å². The molecule has 0 radical (unpaired) electrons. The fraction of sp³-hybridized carbons (Fsp3) is 0.533. The SMILES string of the molecule is CCn1cnc2cc(CC3CCCCN3)ccc21. The van der Waals surface area contributed by atoms with E-state index in [0.29, 0.717) is 6.04 Å². The molecule has 3 nitrogen and oxygen atoms in total. The van der Waals surface area contributed by atoms with Crippen LogP contribution in [-0.2, 0) is 13.0 Å². The van der Waals surface area contributed by atoms with E-state index in [1.54, 1.807) is 0 Å². The standard InChI is InChI=1S/C15H21N3/c1-2-18-11-17-14-10-12(6-7-15(14)18)9-13-5-3-4-8-16-13/h6-7,10-11,13,16H,2-5,8-9H2,1H3. The minimum atomic E-state index is 0.657. The third kappa shape index (κ3) is 2.27. The van der Waals surface area contributed by atoms with Gasteiger partial charge in [-0.05, 0) is 50.4 Å². The molecule has 3 rings (SSSR count). The zero-order valence-electron chi connectivity index (χ0n) is 11.0. The van der Waals surface area contributed by atoms with Crippen molar-refractivity contribution in [1.82, 2.24) is 14.9 Å². The summed E-state index contributed by atoms with van der Waals surface area (Å²) in [5.41, 5.74) is 3.78. The Balaban J connectivity index is 1.80. The minimum Gasteiger partial charge on any atom is -0.331 e. The van der Waals surface area contributed by atoms with Crippen molar-refractivity contribution in [3.05, 3.63) is 30.1 Å². The van der Waals surface area contributed by atoms with E-state index in [9.17, 15) is 0 Å². The number of rotatable bonds is 3. The first kappa shape index (κ1) is 11.7. The minimum absolute atomic E-state index is 0.657. The van der Waals surface area contributed by atoms with E-state index in [0.717, 1.165) is 18.5 Å². The van der Waals surface area contributed by atoms with Gasteiger partial charge in [-0.3, -0.25) is 0 Å².